The summed E-state index contributed by atoms with van der Waals surface area (Å²) in [6, 6.07) is 1.87. The molecule has 2 heterocycles. The summed E-state index contributed by atoms with van der Waals surface area (Å²) in [6.07, 6.45) is 5.13. The largest absolute Gasteiger partial charge is 0.478 e. The molecule has 4 heteroatoms. The number of piperidine rings is 1. The van der Waals surface area contributed by atoms with Gasteiger partial charge >= 0.3 is 5.97 Å². The number of aromatic carboxylic acids is 1. The Morgan fingerprint density at radius 2 is 2.06 bits per heavy atom. The molecule has 0 amide bonds. The van der Waals surface area contributed by atoms with Gasteiger partial charge in [0.25, 0.3) is 0 Å². The van der Waals surface area contributed by atoms with E-state index in [4.69, 9.17) is 5.11 Å². The van der Waals surface area contributed by atoms with Crippen molar-refractivity contribution in [1.29, 1.82) is 0 Å². The Kier molecular flexibility index (Phi) is 3.08. The highest BCUT2D eigenvalue weighted by Crippen LogP contribution is 2.19. The van der Waals surface area contributed by atoms with Crippen LogP contribution >= 0.6 is 0 Å². The minimum absolute atomic E-state index is 0.292. The summed E-state index contributed by atoms with van der Waals surface area (Å²) in [5, 5.41) is 8.91. The molecule has 1 fully saturated rings. The normalized spacial score (nSPS) is 16.2. The Morgan fingerprint density at radius 3 is 2.62 bits per heavy atom. The quantitative estimate of drug-likeness (QED) is 0.829. The maximum atomic E-state index is 10.9. The number of aromatic nitrogens is 1. The maximum absolute atomic E-state index is 10.9. The zero-order valence-electron chi connectivity index (χ0n) is 9.44. The summed E-state index contributed by atoms with van der Waals surface area (Å²) < 4.78 is 0. The average molecular weight is 220 g/mol. The average Bonchev–Trinajstić information content (AvgIpc) is 2.29. The zero-order chi connectivity index (χ0) is 11.5. The summed E-state index contributed by atoms with van der Waals surface area (Å²) in [5.74, 6) is -0.00241. The molecule has 0 radical (unpaired) electrons. The van der Waals surface area contributed by atoms with Gasteiger partial charge in [0.1, 0.15) is 5.82 Å². The SMILES string of the molecule is Cc1cc(N2CCCCC2)ncc1C(=O)O. The first-order chi connectivity index (χ1) is 7.68. The van der Waals surface area contributed by atoms with Gasteiger partial charge in [-0.1, -0.05) is 0 Å². The van der Waals surface area contributed by atoms with Crippen molar-refractivity contribution in [3.8, 4) is 0 Å². The molecular weight excluding hydrogens is 204 g/mol. The van der Waals surface area contributed by atoms with Gasteiger partial charge in [-0.2, -0.15) is 0 Å². The minimum atomic E-state index is -0.907. The molecule has 1 aromatic heterocycles. The molecule has 0 bridgehead atoms. The lowest BCUT2D eigenvalue weighted by atomic mass is 10.1. The maximum Gasteiger partial charge on any atom is 0.337 e. The van der Waals surface area contributed by atoms with Crippen LogP contribution in [0, 0.1) is 6.92 Å². The second kappa shape index (κ2) is 4.51. The molecule has 1 saturated heterocycles. The number of hydrogen-bond acceptors (Lipinski definition) is 3. The Hall–Kier alpha value is -1.58. The molecule has 0 aliphatic carbocycles. The summed E-state index contributed by atoms with van der Waals surface area (Å²) in [5.41, 5.74) is 1.07. The van der Waals surface area contributed by atoms with Gasteiger partial charge in [-0.25, -0.2) is 9.78 Å². The van der Waals surface area contributed by atoms with Crippen molar-refractivity contribution < 1.29 is 9.90 Å². The van der Waals surface area contributed by atoms with E-state index in [9.17, 15) is 4.79 Å². The van der Waals surface area contributed by atoms with E-state index >= 15 is 0 Å². The molecule has 86 valence electrons. The van der Waals surface area contributed by atoms with Gasteiger partial charge < -0.3 is 10.0 Å². The van der Waals surface area contributed by atoms with E-state index in [0.717, 1.165) is 24.5 Å². The number of carboxylic acid groups (broad SMARTS) is 1. The van der Waals surface area contributed by atoms with E-state index in [1.165, 1.54) is 25.5 Å². The van der Waals surface area contributed by atoms with Gasteiger partial charge in [0, 0.05) is 19.3 Å². The van der Waals surface area contributed by atoms with Crippen molar-refractivity contribution >= 4 is 11.8 Å². The lowest BCUT2D eigenvalue weighted by Gasteiger charge is -2.28. The molecule has 0 unspecified atom stereocenters. The molecule has 0 saturated carbocycles. The van der Waals surface area contributed by atoms with Crippen LogP contribution in [0.15, 0.2) is 12.3 Å². The van der Waals surface area contributed by atoms with Crippen LogP contribution in [0.1, 0.15) is 35.2 Å². The molecule has 16 heavy (non-hydrogen) atoms. The number of rotatable bonds is 2. The van der Waals surface area contributed by atoms with Gasteiger partial charge in [-0.05, 0) is 37.8 Å². The molecule has 1 aliphatic heterocycles. The van der Waals surface area contributed by atoms with Gasteiger partial charge in [0.2, 0.25) is 0 Å². The summed E-state index contributed by atoms with van der Waals surface area (Å²) in [7, 11) is 0. The fourth-order valence-corrected chi connectivity index (χ4v) is 2.06. The highest BCUT2D eigenvalue weighted by molar-refractivity contribution is 5.89. The first-order valence-corrected chi connectivity index (χ1v) is 5.63. The Bertz CT molecular complexity index is 398. The molecule has 2 rings (SSSR count). The lowest BCUT2D eigenvalue weighted by molar-refractivity contribution is 0.0695. The topological polar surface area (TPSA) is 53.4 Å². The van der Waals surface area contributed by atoms with Crippen LogP contribution in [0.4, 0.5) is 5.82 Å². The Labute approximate surface area is 94.9 Å². The van der Waals surface area contributed by atoms with E-state index < -0.39 is 5.97 Å². The highest BCUT2D eigenvalue weighted by atomic mass is 16.4. The Morgan fingerprint density at radius 1 is 1.38 bits per heavy atom. The number of anilines is 1. The predicted molar refractivity (Wildman–Crippen MR) is 62.0 cm³/mol. The van der Waals surface area contributed by atoms with E-state index in [1.54, 1.807) is 0 Å². The van der Waals surface area contributed by atoms with E-state index in [2.05, 4.69) is 9.88 Å². The van der Waals surface area contributed by atoms with E-state index in [-0.39, 0.29) is 0 Å². The van der Waals surface area contributed by atoms with Crippen LogP contribution in [0.3, 0.4) is 0 Å². The van der Waals surface area contributed by atoms with Crippen LogP contribution in [-0.4, -0.2) is 29.1 Å². The van der Waals surface area contributed by atoms with Crippen LogP contribution in [0.5, 0.6) is 0 Å². The molecule has 1 aliphatic rings. The molecule has 0 atom stereocenters. The van der Waals surface area contributed by atoms with Gasteiger partial charge in [-0.15, -0.1) is 0 Å². The first-order valence-electron chi connectivity index (χ1n) is 5.63. The Balaban J connectivity index is 2.23. The van der Waals surface area contributed by atoms with Crippen molar-refractivity contribution in [3.63, 3.8) is 0 Å². The third-order valence-corrected chi connectivity index (χ3v) is 3.01. The van der Waals surface area contributed by atoms with Gasteiger partial charge in [0.05, 0.1) is 5.56 Å². The van der Waals surface area contributed by atoms with Crippen LogP contribution in [0.2, 0.25) is 0 Å². The third kappa shape index (κ3) is 2.15. The van der Waals surface area contributed by atoms with E-state index in [1.807, 2.05) is 13.0 Å². The molecule has 1 aromatic rings. The molecular formula is C12H16N2O2. The van der Waals surface area contributed by atoms with Crippen molar-refractivity contribution in [3.05, 3.63) is 23.4 Å². The molecule has 1 N–H and O–H groups in total. The van der Waals surface area contributed by atoms with Crippen LogP contribution < -0.4 is 4.90 Å². The van der Waals surface area contributed by atoms with Crippen LogP contribution in [-0.2, 0) is 0 Å². The fraction of sp³-hybridized carbons (Fsp3) is 0.500. The number of pyridine rings is 1. The van der Waals surface area contributed by atoms with E-state index in [0.29, 0.717) is 5.56 Å². The number of aryl methyl sites for hydroxylation is 1. The number of nitrogens with zero attached hydrogens (tertiary/aromatic N) is 2. The highest BCUT2D eigenvalue weighted by Gasteiger charge is 2.14. The van der Waals surface area contributed by atoms with Gasteiger partial charge in [-0.3, -0.25) is 0 Å². The molecule has 4 nitrogen and oxygen atoms in total. The number of carbonyl (C=O) groups is 1. The second-order valence-corrected chi connectivity index (χ2v) is 4.21. The number of carboxylic acids is 1. The fourth-order valence-electron chi connectivity index (χ4n) is 2.06. The first kappa shape index (κ1) is 10.9. The monoisotopic (exact) mass is 220 g/mol. The van der Waals surface area contributed by atoms with Crippen molar-refractivity contribution in [1.82, 2.24) is 4.98 Å². The zero-order valence-corrected chi connectivity index (χ0v) is 9.44. The number of hydrogen-bond donors (Lipinski definition) is 1. The van der Waals surface area contributed by atoms with Crippen molar-refractivity contribution in [2.75, 3.05) is 18.0 Å². The summed E-state index contributed by atoms with van der Waals surface area (Å²) in [4.78, 5) is 17.3. The van der Waals surface area contributed by atoms with Crippen molar-refractivity contribution in [2.45, 2.75) is 26.2 Å². The predicted octanol–water partition coefficient (Wildman–Crippen LogP) is 2.08. The lowest BCUT2D eigenvalue weighted by Crippen LogP contribution is -2.30. The summed E-state index contributed by atoms with van der Waals surface area (Å²) >= 11 is 0. The van der Waals surface area contributed by atoms with Crippen LogP contribution in [0.25, 0.3) is 0 Å². The molecule has 0 aromatic carbocycles. The minimum Gasteiger partial charge on any atom is -0.478 e. The van der Waals surface area contributed by atoms with Gasteiger partial charge in [0.15, 0.2) is 0 Å². The molecule has 0 spiro atoms. The second-order valence-electron chi connectivity index (χ2n) is 4.21. The standard InChI is InChI=1S/C12H16N2O2/c1-9-7-11(13-8-10(9)12(15)16)14-5-3-2-4-6-14/h7-8H,2-6H2,1H3,(H,15,16). The summed E-state index contributed by atoms with van der Waals surface area (Å²) in [6.45, 7) is 3.87. The third-order valence-electron chi connectivity index (χ3n) is 3.01. The van der Waals surface area contributed by atoms with Crippen molar-refractivity contribution in [2.24, 2.45) is 0 Å². The smallest absolute Gasteiger partial charge is 0.337 e.